The van der Waals surface area contributed by atoms with Crippen molar-refractivity contribution in [2.45, 2.75) is 25.5 Å². The van der Waals surface area contributed by atoms with Crippen molar-refractivity contribution in [1.29, 1.82) is 0 Å². The molecule has 0 radical (unpaired) electrons. The monoisotopic (exact) mass is 479 g/mol. The van der Waals surface area contributed by atoms with Gasteiger partial charge in [0.15, 0.2) is 11.5 Å². The number of nitrogens with zero attached hydrogens (tertiary/aromatic N) is 1. The smallest absolute Gasteiger partial charge is 0.255 e. The Morgan fingerprint density at radius 3 is 2.44 bits per heavy atom. The van der Waals surface area contributed by atoms with Gasteiger partial charge in [-0.05, 0) is 69.4 Å². The van der Waals surface area contributed by atoms with Gasteiger partial charge in [-0.2, -0.15) is 0 Å². The van der Waals surface area contributed by atoms with E-state index in [1.807, 2.05) is 48.5 Å². The molecular formula is C27H30ClN3O3. The highest BCUT2D eigenvalue weighted by atomic mass is 35.5. The van der Waals surface area contributed by atoms with Crippen molar-refractivity contribution in [1.82, 2.24) is 4.90 Å². The molecule has 2 N–H and O–H groups in total. The van der Waals surface area contributed by atoms with Crippen LogP contribution < -0.4 is 20.1 Å². The van der Waals surface area contributed by atoms with Crippen LogP contribution in [-0.2, 0) is 6.61 Å². The van der Waals surface area contributed by atoms with Crippen molar-refractivity contribution in [2.24, 2.45) is 0 Å². The maximum atomic E-state index is 13.0. The molecule has 1 heterocycles. The molecule has 0 saturated carbocycles. The summed E-state index contributed by atoms with van der Waals surface area (Å²) in [7, 11) is 3.70. The summed E-state index contributed by atoms with van der Waals surface area (Å²) in [4.78, 5) is 15.4. The van der Waals surface area contributed by atoms with Gasteiger partial charge in [0.05, 0.1) is 18.5 Å². The Morgan fingerprint density at radius 1 is 1.00 bits per heavy atom. The molecule has 3 aromatic rings. The molecule has 34 heavy (non-hydrogen) atoms. The van der Waals surface area contributed by atoms with Gasteiger partial charge in [0, 0.05) is 22.2 Å². The molecule has 1 fully saturated rings. The van der Waals surface area contributed by atoms with E-state index in [9.17, 15) is 4.79 Å². The fraction of sp³-hybridized carbons (Fsp3) is 0.296. The minimum Gasteiger partial charge on any atom is -0.493 e. The quantitative estimate of drug-likeness (QED) is 0.435. The van der Waals surface area contributed by atoms with Crippen LogP contribution in [0.25, 0.3) is 0 Å². The van der Waals surface area contributed by atoms with Crippen molar-refractivity contribution in [2.75, 3.05) is 37.9 Å². The standard InChI is InChI=1S/C27H30ClN3O3/c1-31-15-13-21(14-16-31)29-23-9-5-6-10-24(23)30-27(32)19-11-12-25(26(17-19)33-2)34-18-20-7-3-4-8-22(20)28/h3-12,17,21,29H,13-16,18H2,1-2H3,(H,30,32). The lowest BCUT2D eigenvalue weighted by Gasteiger charge is -2.30. The van der Waals surface area contributed by atoms with E-state index in [-0.39, 0.29) is 5.91 Å². The maximum absolute atomic E-state index is 13.0. The molecule has 7 heteroatoms. The first-order valence-corrected chi connectivity index (χ1v) is 11.8. The van der Waals surface area contributed by atoms with Crippen LogP contribution in [0.5, 0.6) is 11.5 Å². The van der Waals surface area contributed by atoms with Crippen molar-refractivity contribution in [3.05, 3.63) is 82.9 Å². The second-order valence-electron chi connectivity index (χ2n) is 8.47. The number of halogens is 1. The highest BCUT2D eigenvalue weighted by molar-refractivity contribution is 6.31. The maximum Gasteiger partial charge on any atom is 0.255 e. The number of carbonyl (C=O) groups excluding carboxylic acids is 1. The molecule has 0 aromatic heterocycles. The third-order valence-electron chi connectivity index (χ3n) is 6.02. The molecule has 1 saturated heterocycles. The number of hydrogen-bond donors (Lipinski definition) is 2. The first kappa shape index (κ1) is 23.9. The lowest BCUT2D eigenvalue weighted by atomic mass is 10.0. The van der Waals surface area contributed by atoms with Gasteiger partial charge in [0.1, 0.15) is 6.61 Å². The summed E-state index contributed by atoms with van der Waals surface area (Å²) >= 11 is 6.22. The summed E-state index contributed by atoms with van der Waals surface area (Å²) in [6.07, 6.45) is 2.15. The SMILES string of the molecule is COc1cc(C(=O)Nc2ccccc2NC2CCN(C)CC2)ccc1OCc1ccccc1Cl. The van der Waals surface area contributed by atoms with Crippen LogP contribution in [0.3, 0.4) is 0 Å². The van der Waals surface area contributed by atoms with Crippen LogP contribution in [0, 0.1) is 0 Å². The van der Waals surface area contributed by atoms with E-state index in [1.165, 1.54) is 0 Å². The number of benzene rings is 3. The number of para-hydroxylation sites is 2. The number of nitrogens with one attached hydrogen (secondary N) is 2. The lowest BCUT2D eigenvalue weighted by Crippen LogP contribution is -2.36. The van der Waals surface area contributed by atoms with Crippen LogP contribution in [0.2, 0.25) is 5.02 Å². The first-order chi connectivity index (χ1) is 16.5. The number of piperidine rings is 1. The van der Waals surface area contributed by atoms with Crippen LogP contribution in [0.1, 0.15) is 28.8 Å². The number of ether oxygens (including phenoxy) is 2. The topological polar surface area (TPSA) is 62.8 Å². The Morgan fingerprint density at radius 2 is 1.71 bits per heavy atom. The van der Waals surface area contributed by atoms with Crippen LogP contribution in [0.4, 0.5) is 11.4 Å². The summed E-state index contributed by atoms with van der Waals surface area (Å²) < 4.78 is 11.4. The molecule has 0 aliphatic carbocycles. The van der Waals surface area contributed by atoms with E-state index in [2.05, 4.69) is 22.6 Å². The van der Waals surface area contributed by atoms with Gasteiger partial charge in [0.2, 0.25) is 0 Å². The van der Waals surface area contributed by atoms with E-state index in [0.29, 0.717) is 34.7 Å². The zero-order valence-corrected chi connectivity index (χ0v) is 20.3. The average molecular weight is 480 g/mol. The number of rotatable bonds is 8. The van der Waals surface area contributed by atoms with E-state index >= 15 is 0 Å². The van der Waals surface area contributed by atoms with E-state index in [1.54, 1.807) is 25.3 Å². The minimum absolute atomic E-state index is 0.214. The van der Waals surface area contributed by atoms with Crippen molar-refractivity contribution in [3.63, 3.8) is 0 Å². The summed E-state index contributed by atoms with van der Waals surface area (Å²) in [5.74, 6) is 0.814. The van der Waals surface area contributed by atoms with E-state index in [0.717, 1.165) is 42.9 Å². The molecule has 178 valence electrons. The number of amides is 1. The fourth-order valence-electron chi connectivity index (χ4n) is 3.98. The van der Waals surface area contributed by atoms with Gasteiger partial charge in [0.25, 0.3) is 5.91 Å². The second-order valence-corrected chi connectivity index (χ2v) is 8.87. The lowest BCUT2D eigenvalue weighted by molar-refractivity contribution is 0.102. The number of methoxy groups -OCH3 is 1. The molecule has 1 aliphatic heterocycles. The highest BCUT2D eigenvalue weighted by Crippen LogP contribution is 2.31. The summed E-state index contributed by atoms with van der Waals surface area (Å²) in [5, 5.41) is 7.28. The molecule has 6 nitrogen and oxygen atoms in total. The molecule has 4 rings (SSSR count). The fourth-order valence-corrected chi connectivity index (χ4v) is 4.17. The molecule has 0 atom stereocenters. The van der Waals surface area contributed by atoms with E-state index < -0.39 is 0 Å². The van der Waals surface area contributed by atoms with Crippen LogP contribution >= 0.6 is 11.6 Å². The molecule has 0 unspecified atom stereocenters. The number of anilines is 2. The molecule has 1 amide bonds. The molecular weight excluding hydrogens is 450 g/mol. The first-order valence-electron chi connectivity index (χ1n) is 11.4. The molecule has 3 aromatic carbocycles. The van der Waals surface area contributed by atoms with Gasteiger partial charge < -0.3 is 25.0 Å². The Hall–Kier alpha value is -3.22. The van der Waals surface area contributed by atoms with Gasteiger partial charge in [-0.15, -0.1) is 0 Å². The van der Waals surface area contributed by atoms with Gasteiger partial charge in [-0.3, -0.25) is 4.79 Å². The largest absolute Gasteiger partial charge is 0.493 e. The van der Waals surface area contributed by atoms with Gasteiger partial charge in [-0.25, -0.2) is 0 Å². The zero-order chi connectivity index (χ0) is 23.9. The third kappa shape index (κ3) is 6.01. The summed E-state index contributed by atoms with van der Waals surface area (Å²) in [6.45, 7) is 2.44. The van der Waals surface area contributed by atoms with Crippen molar-refractivity contribution < 1.29 is 14.3 Å². The molecule has 0 bridgehead atoms. The van der Waals surface area contributed by atoms with Crippen molar-refractivity contribution in [3.8, 4) is 11.5 Å². The number of hydrogen-bond acceptors (Lipinski definition) is 5. The predicted octanol–water partition coefficient (Wildman–Crippen LogP) is 5.69. The Kier molecular flexibility index (Phi) is 7.93. The highest BCUT2D eigenvalue weighted by Gasteiger charge is 2.18. The Labute approximate surface area is 205 Å². The Balaban J connectivity index is 1.44. The molecule has 1 aliphatic rings. The third-order valence-corrected chi connectivity index (χ3v) is 6.39. The number of likely N-dealkylation sites (tertiary alicyclic amines) is 1. The number of carbonyl (C=O) groups is 1. The summed E-state index contributed by atoms with van der Waals surface area (Å²) in [6, 6.07) is 20.9. The normalized spacial score (nSPS) is 14.4. The second kappa shape index (κ2) is 11.3. The van der Waals surface area contributed by atoms with Gasteiger partial charge in [-0.1, -0.05) is 41.9 Å². The minimum atomic E-state index is -0.214. The van der Waals surface area contributed by atoms with Gasteiger partial charge >= 0.3 is 0 Å². The Bertz CT molecular complexity index is 1130. The zero-order valence-electron chi connectivity index (χ0n) is 19.5. The average Bonchev–Trinajstić information content (AvgIpc) is 2.86. The predicted molar refractivity (Wildman–Crippen MR) is 137 cm³/mol. The van der Waals surface area contributed by atoms with E-state index in [4.69, 9.17) is 21.1 Å². The van der Waals surface area contributed by atoms with Crippen LogP contribution in [-0.4, -0.2) is 44.1 Å². The van der Waals surface area contributed by atoms with Crippen molar-refractivity contribution >= 4 is 28.9 Å². The van der Waals surface area contributed by atoms with Crippen LogP contribution in [0.15, 0.2) is 66.7 Å². The molecule has 0 spiro atoms. The summed E-state index contributed by atoms with van der Waals surface area (Å²) in [5.41, 5.74) is 3.04.